The standard InChI is InChI=1S/C13H10N2O2S2/c16-19(17,15-11-6-8-18-9-11)12-5-1-3-10-4-2-7-14-13(10)12/h1-9,15H. The monoisotopic (exact) mass is 290 g/mol. The van der Waals surface area contributed by atoms with Crippen LogP contribution in [0.1, 0.15) is 0 Å². The van der Waals surface area contributed by atoms with Crippen LogP contribution in [0, 0.1) is 0 Å². The quantitative estimate of drug-likeness (QED) is 0.806. The molecule has 0 radical (unpaired) electrons. The summed E-state index contributed by atoms with van der Waals surface area (Å²) in [5.74, 6) is 0. The van der Waals surface area contributed by atoms with Gasteiger partial charge in [0, 0.05) is 17.0 Å². The molecule has 4 nitrogen and oxygen atoms in total. The number of thiophene rings is 1. The maximum Gasteiger partial charge on any atom is 0.264 e. The molecule has 0 saturated heterocycles. The second-order valence-electron chi connectivity index (χ2n) is 3.95. The average molecular weight is 290 g/mol. The Morgan fingerprint density at radius 2 is 1.95 bits per heavy atom. The fraction of sp³-hybridized carbons (Fsp3) is 0. The normalized spacial score (nSPS) is 11.6. The predicted molar refractivity (Wildman–Crippen MR) is 76.9 cm³/mol. The van der Waals surface area contributed by atoms with Crippen molar-refractivity contribution in [3.8, 4) is 0 Å². The molecule has 0 saturated carbocycles. The van der Waals surface area contributed by atoms with Crippen molar-refractivity contribution in [2.45, 2.75) is 4.90 Å². The molecule has 0 bridgehead atoms. The number of pyridine rings is 1. The molecular weight excluding hydrogens is 280 g/mol. The summed E-state index contributed by atoms with van der Waals surface area (Å²) in [7, 11) is -3.62. The molecule has 0 atom stereocenters. The Hall–Kier alpha value is -1.92. The van der Waals surface area contributed by atoms with Crippen molar-refractivity contribution in [1.29, 1.82) is 0 Å². The molecule has 0 spiro atoms. The number of rotatable bonds is 3. The Bertz CT molecular complexity index is 806. The molecule has 2 aromatic heterocycles. The highest BCUT2D eigenvalue weighted by atomic mass is 32.2. The van der Waals surface area contributed by atoms with E-state index < -0.39 is 10.0 Å². The number of anilines is 1. The van der Waals surface area contributed by atoms with Gasteiger partial charge in [-0.1, -0.05) is 18.2 Å². The fourth-order valence-electron chi connectivity index (χ4n) is 1.83. The van der Waals surface area contributed by atoms with Crippen molar-refractivity contribution in [2.75, 3.05) is 4.72 Å². The first-order valence-corrected chi connectivity index (χ1v) is 7.98. The minimum absolute atomic E-state index is 0.191. The third-order valence-corrected chi connectivity index (χ3v) is 4.75. The van der Waals surface area contributed by atoms with Crippen LogP contribution < -0.4 is 4.72 Å². The maximum atomic E-state index is 12.4. The van der Waals surface area contributed by atoms with Crippen molar-refractivity contribution in [1.82, 2.24) is 4.98 Å². The Morgan fingerprint density at radius 1 is 1.11 bits per heavy atom. The first kappa shape index (κ1) is 12.1. The van der Waals surface area contributed by atoms with Crippen LogP contribution in [-0.4, -0.2) is 13.4 Å². The van der Waals surface area contributed by atoms with Gasteiger partial charge in [0.2, 0.25) is 0 Å². The van der Waals surface area contributed by atoms with E-state index >= 15 is 0 Å². The zero-order valence-electron chi connectivity index (χ0n) is 9.78. The smallest absolute Gasteiger partial charge is 0.264 e. The largest absolute Gasteiger partial charge is 0.279 e. The van der Waals surface area contributed by atoms with E-state index in [4.69, 9.17) is 0 Å². The predicted octanol–water partition coefficient (Wildman–Crippen LogP) is 3.10. The van der Waals surface area contributed by atoms with Gasteiger partial charge in [-0.3, -0.25) is 9.71 Å². The summed E-state index contributed by atoms with van der Waals surface area (Å²) in [4.78, 5) is 4.35. The Labute approximate surface area is 114 Å². The number of benzene rings is 1. The third-order valence-electron chi connectivity index (χ3n) is 2.66. The molecule has 1 aromatic carbocycles. The second kappa shape index (κ2) is 4.64. The van der Waals surface area contributed by atoms with Crippen molar-refractivity contribution >= 4 is 38.0 Å². The molecule has 0 aliphatic heterocycles. The lowest BCUT2D eigenvalue weighted by Gasteiger charge is -2.08. The molecule has 3 rings (SSSR count). The highest BCUT2D eigenvalue weighted by molar-refractivity contribution is 7.93. The highest BCUT2D eigenvalue weighted by Gasteiger charge is 2.18. The zero-order chi connectivity index (χ0) is 13.3. The molecule has 2 heterocycles. The van der Waals surface area contributed by atoms with Crippen LogP contribution in [-0.2, 0) is 10.0 Å². The Morgan fingerprint density at radius 3 is 2.74 bits per heavy atom. The molecule has 0 fully saturated rings. The number of fused-ring (bicyclic) bond motifs is 1. The molecule has 1 N–H and O–H groups in total. The van der Waals surface area contributed by atoms with Crippen LogP contribution in [0.5, 0.6) is 0 Å². The van der Waals surface area contributed by atoms with Crippen molar-refractivity contribution in [3.05, 3.63) is 53.4 Å². The number of para-hydroxylation sites is 1. The van der Waals surface area contributed by atoms with Crippen LogP contribution in [0.3, 0.4) is 0 Å². The summed E-state index contributed by atoms with van der Waals surface area (Å²) in [5, 5.41) is 4.37. The molecule has 0 aliphatic rings. The van der Waals surface area contributed by atoms with Crippen molar-refractivity contribution in [3.63, 3.8) is 0 Å². The van der Waals surface area contributed by atoms with Gasteiger partial charge in [0.25, 0.3) is 10.0 Å². The molecule has 96 valence electrons. The van der Waals surface area contributed by atoms with Gasteiger partial charge in [-0.25, -0.2) is 8.42 Å². The van der Waals surface area contributed by atoms with Gasteiger partial charge < -0.3 is 0 Å². The van der Waals surface area contributed by atoms with Gasteiger partial charge in [0.15, 0.2) is 0 Å². The van der Waals surface area contributed by atoms with E-state index in [1.807, 2.05) is 17.5 Å². The Kier molecular flexibility index (Phi) is 2.96. The number of sulfonamides is 1. The van der Waals surface area contributed by atoms with Crippen LogP contribution in [0.25, 0.3) is 10.9 Å². The summed E-state index contributed by atoms with van der Waals surface area (Å²) in [6.45, 7) is 0. The van der Waals surface area contributed by atoms with Crippen molar-refractivity contribution in [2.24, 2.45) is 0 Å². The first-order chi connectivity index (χ1) is 9.17. The first-order valence-electron chi connectivity index (χ1n) is 5.55. The average Bonchev–Trinajstić information content (AvgIpc) is 2.90. The number of aromatic nitrogens is 1. The molecule has 3 aromatic rings. The molecule has 6 heteroatoms. The zero-order valence-corrected chi connectivity index (χ0v) is 11.4. The summed E-state index contributed by atoms with van der Waals surface area (Å²) >= 11 is 1.44. The molecule has 19 heavy (non-hydrogen) atoms. The number of hydrogen-bond donors (Lipinski definition) is 1. The minimum Gasteiger partial charge on any atom is -0.279 e. The molecule has 0 unspecified atom stereocenters. The second-order valence-corrected chi connectivity index (χ2v) is 6.38. The van der Waals surface area contributed by atoms with E-state index in [1.165, 1.54) is 11.3 Å². The minimum atomic E-state index is -3.62. The summed E-state index contributed by atoms with van der Waals surface area (Å²) in [5.41, 5.74) is 1.05. The van der Waals surface area contributed by atoms with Crippen molar-refractivity contribution < 1.29 is 8.42 Å². The lowest BCUT2D eigenvalue weighted by atomic mass is 10.2. The van der Waals surface area contributed by atoms with Gasteiger partial charge >= 0.3 is 0 Å². The Balaban J connectivity index is 2.13. The van der Waals surface area contributed by atoms with E-state index in [-0.39, 0.29) is 4.90 Å². The van der Waals surface area contributed by atoms with E-state index in [0.29, 0.717) is 11.2 Å². The summed E-state index contributed by atoms with van der Waals surface area (Å²) < 4.78 is 27.3. The number of nitrogens with zero attached hydrogens (tertiary/aromatic N) is 1. The lowest BCUT2D eigenvalue weighted by molar-refractivity contribution is 0.602. The molecule has 0 aliphatic carbocycles. The van der Waals surface area contributed by atoms with Crippen LogP contribution >= 0.6 is 11.3 Å². The van der Waals surface area contributed by atoms with Gasteiger partial charge in [-0.2, -0.15) is 11.3 Å². The van der Waals surface area contributed by atoms with Gasteiger partial charge in [0.1, 0.15) is 4.90 Å². The van der Waals surface area contributed by atoms with E-state index in [2.05, 4.69) is 9.71 Å². The van der Waals surface area contributed by atoms with E-state index in [0.717, 1.165) is 5.39 Å². The number of hydrogen-bond acceptors (Lipinski definition) is 4. The number of nitrogens with one attached hydrogen (secondary N) is 1. The molecular formula is C13H10N2O2S2. The van der Waals surface area contributed by atoms with Gasteiger partial charge in [-0.15, -0.1) is 0 Å². The van der Waals surface area contributed by atoms with E-state index in [9.17, 15) is 8.42 Å². The lowest BCUT2D eigenvalue weighted by Crippen LogP contribution is -2.13. The van der Waals surface area contributed by atoms with Gasteiger partial charge in [-0.05, 0) is 23.6 Å². The molecule has 0 amide bonds. The SMILES string of the molecule is O=S(=O)(Nc1ccsc1)c1cccc2cccnc12. The maximum absolute atomic E-state index is 12.4. The third kappa shape index (κ3) is 2.32. The van der Waals surface area contributed by atoms with Crippen LogP contribution in [0.2, 0.25) is 0 Å². The van der Waals surface area contributed by atoms with Gasteiger partial charge in [0.05, 0.1) is 11.2 Å². The van der Waals surface area contributed by atoms with Crippen LogP contribution in [0.4, 0.5) is 5.69 Å². The fourth-order valence-corrected chi connectivity index (χ4v) is 3.72. The van der Waals surface area contributed by atoms with Crippen LogP contribution in [0.15, 0.2) is 58.3 Å². The highest BCUT2D eigenvalue weighted by Crippen LogP contribution is 2.23. The topological polar surface area (TPSA) is 59.1 Å². The summed E-state index contributed by atoms with van der Waals surface area (Å²) in [6.07, 6.45) is 1.59. The van der Waals surface area contributed by atoms with E-state index in [1.54, 1.807) is 35.8 Å². The summed E-state index contributed by atoms with van der Waals surface area (Å²) in [6, 6.07) is 10.5.